The summed E-state index contributed by atoms with van der Waals surface area (Å²) in [5, 5.41) is 10.2. The summed E-state index contributed by atoms with van der Waals surface area (Å²) in [4.78, 5) is 34.9. The van der Waals surface area contributed by atoms with E-state index in [1.807, 2.05) is 37.8 Å². The number of pyridine rings is 1. The van der Waals surface area contributed by atoms with E-state index in [4.69, 9.17) is 11.6 Å². The second-order valence-electron chi connectivity index (χ2n) is 9.30. The van der Waals surface area contributed by atoms with Crippen molar-refractivity contribution in [1.29, 1.82) is 0 Å². The van der Waals surface area contributed by atoms with Crippen LogP contribution in [0.3, 0.4) is 0 Å². The van der Waals surface area contributed by atoms with Gasteiger partial charge in [0.05, 0.1) is 11.3 Å². The lowest BCUT2D eigenvalue weighted by atomic mass is 10.0. The van der Waals surface area contributed by atoms with Crippen LogP contribution in [-0.4, -0.2) is 71.2 Å². The van der Waals surface area contributed by atoms with Crippen LogP contribution in [0.5, 0.6) is 0 Å². The molecule has 8 heteroatoms. The predicted octanol–water partition coefficient (Wildman–Crippen LogP) is 4.24. The van der Waals surface area contributed by atoms with Crippen molar-refractivity contribution in [2.45, 2.75) is 27.2 Å². The maximum absolute atomic E-state index is 13.1. The van der Waals surface area contributed by atoms with Gasteiger partial charge < -0.3 is 14.9 Å². The third-order valence-corrected chi connectivity index (χ3v) is 7.37. The van der Waals surface area contributed by atoms with Gasteiger partial charge in [0.25, 0.3) is 5.91 Å². The first-order valence-corrected chi connectivity index (χ1v) is 11.8. The molecule has 0 spiro atoms. The molecule has 2 fully saturated rings. The highest BCUT2D eigenvalue weighted by Crippen LogP contribution is 2.32. The third kappa shape index (κ3) is 4.99. The monoisotopic (exact) mass is 470 g/mol. The number of amides is 2. The van der Waals surface area contributed by atoms with Gasteiger partial charge in [0.2, 0.25) is 0 Å². The lowest BCUT2D eigenvalue weighted by Gasteiger charge is -2.24. The number of aryl methyl sites for hydroxylation is 3. The van der Waals surface area contributed by atoms with Gasteiger partial charge in [-0.2, -0.15) is 0 Å². The van der Waals surface area contributed by atoms with Crippen molar-refractivity contribution in [3.63, 3.8) is 0 Å². The molecule has 4 rings (SSSR count). The van der Waals surface area contributed by atoms with E-state index >= 15 is 0 Å². The third-order valence-electron chi connectivity index (χ3n) is 6.97. The van der Waals surface area contributed by atoms with Crippen molar-refractivity contribution in [2.24, 2.45) is 11.8 Å². The quantitative estimate of drug-likeness (QED) is 0.683. The van der Waals surface area contributed by atoms with E-state index in [9.17, 15) is 14.7 Å². The largest absolute Gasteiger partial charge is 0.465 e. The molecule has 2 aliphatic rings. The minimum Gasteiger partial charge on any atom is -0.465 e. The van der Waals surface area contributed by atoms with Gasteiger partial charge in [-0.25, -0.2) is 4.79 Å². The maximum atomic E-state index is 13.1. The minimum absolute atomic E-state index is 0.0907. The second-order valence-corrected chi connectivity index (χ2v) is 9.71. The van der Waals surface area contributed by atoms with Gasteiger partial charge in [0, 0.05) is 49.6 Å². The normalized spacial score (nSPS) is 20.2. The van der Waals surface area contributed by atoms with Crippen molar-refractivity contribution < 1.29 is 14.7 Å². The SMILES string of the molecule is Cc1ccc(N(CCCN2CC3CN(C(=O)c4c(C)ccnc4C)CC3C2)C(=O)O)cc1Cl. The van der Waals surface area contributed by atoms with Crippen LogP contribution in [-0.2, 0) is 0 Å². The Morgan fingerprint density at radius 1 is 1.09 bits per heavy atom. The number of aromatic nitrogens is 1. The van der Waals surface area contributed by atoms with Crippen LogP contribution in [0.25, 0.3) is 0 Å². The Labute approximate surface area is 200 Å². The van der Waals surface area contributed by atoms with E-state index in [1.54, 1.807) is 18.3 Å². The summed E-state index contributed by atoms with van der Waals surface area (Å²) in [6, 6.07) is 7.25. The van der Waals surface area contributed by atoms with E-state index in [-0.39, 0.29) is 5.91 Å². The Morgan fingerprint density at radius 3 is 2.39 bits per heavy atom. The predicted molar refractivity (Wildman–Crippen MR) is 129 cm³/mol. The van der Waals surface area contributed by atoms with Crippen LogP contribution in [0.2, 0.25) is 5.02 Å². The summed E-state index contributed by atoms with van der Waals surface area (Å²) in [6.07, 6.45) is 1.52. The van der Waals surface area contributed by atoms with Crippen molar-refractivity contribution in [2.75, 3.05) is 44.2 Å². The molecule has 2 atom stereocenters. The van der Waals surface area contributed by atoms with Gasteiger partial charge >= 0.3 is 6.09 Å². The summed E-state index contributed by atoms with van der Waals surface area (Å²) < 4.78 is 0. The van der Waals surface area contributed by atoms with Crippen LogP contribution in [0.4, 0.5) is 10.5 Å². The number of nitrogens with zero attached hydrogens (tertiary/aromatic N) is 4. The zero-order valence-electron chi connectivity index (χ0n) is 19.4. The Morgan fingerprint density at radius 2 is 1.79 bits per heavy atom. The number of anilines is 1. The Bertz CT molecular complexity index is 1030. The lowest BCUT2D eigenvalue weighted by molar-refractivity contribution is 0.0772. The molecule has 2 saturated heterocycles. The van der Waals surface area contributed by atoms with E-state index in [0.29, 0.717) is 29.1 Å². The Kier molecular flexibility index (Phi) is 6.91. The molecule has 2 unspecified atom stereocenters. The molecule has 0 radical (unpaired) electrons. The zero-order chi connectivity index (χ0) is 23.7. The van der Waals surface area contributed by atoms with Crippen LogP contribution < -0.4 is 4.90 Å². The molecule has 2 amide bonds. The molecule has 0 bridgehead atoms. The fraction of sp³-hybridized carbons (Fsp3) is 0.480. The Balaban J connectivity index is 1.29. The number of carbonyl (C=O) groups is 2. The molecule has 0 aliphatic carbocycles. The average molecular weight is 471 g/mol. The van der Waals surface area contributed by atoms with Gasteiger partial charge in [-0.1, -0.05) is 17.7 Å². The van der Waals surface area contributed by atoms with E-state index in [0.717, 1.165) is 61.5 Å². The molecular weight excluding hydrogens is 440 g/mol. The van der Waals surface area contributed by atoms with Gasteiger partial charge in [-0.3, -0.25) is 14.7 Å². The first-order valence-electron chi connectivity index (χ1n) is 11.4. The Hall–Kier alpha value is -2.64. The molecule has 3 heterocycles. The second kappa shape index (κ2) is 9.69. The molecule has 176 valence electrons. The number of likely N-dealkylation sites (tertiary alicyclic amines) is 2. The maximum Gasteiger partial charge on any atom is 0.411 e. The lowest BCUT2D eigenvalue weighted by Crippen LogP contribution is -2.36. The number of fused-ring (bicyclic) bond motifs is 1. The van der Waals surface area contributed by atoms with Crippen LogP contribution in [0, 0.1) is 32.6 Å². The van der Waals surface area contributed by atoms with Crippen molar-refractivity contribution in [3.8, 4) is 0 Å². The zero-order valence-corrected chi connectivity index (χ0v) is 20.2. The highest BCUT2D eigenvalue weighted by molar-refractivity contribution is 6.31. The van der Waals surface area contributed by atoms with Crippen molar-refractivity contribution in [3.05, 3.63) is 57.9 Å². The summed E-state index contributed by atoms with van der Waals surface area (Å²) in [5.41, 5.74) is 4.03. The smallest absolute Gasteiger partial charge is 0.411 e. The van der Waals surface area contributed by atoms with E-state index < -0.39 is 6.09 Å². The number of hydrogen-bond acceptors (Lipinski definition) is 4. The molecule has 1 aromatic carbocycles. The van der Waals surface area contributed by atoms with Gasteiger partial charge in [0.15, 0.2) is 0 Å². The van der Waals surface area contributed by atoms with Gasteiger partial charge in [0.1, 0.15) is 0 Å². The standard InChI is InChI=1S/C25H31ClN4O3/c1-16-5-6-21(11-22(16)26)30(25(32)33)10-4-9-28-12-19-14-29(15-20(19)13-28)24(31)23-17(2)7-8-27-18(23)3/h5-8,11,19-20H,4,9-10,12-15H2,1-3H3,(H,32,33). The van der Waals surface area contributed by atoms with E-state index in [2.05, 4.69) is 9.88 Å². The number of carboxylic acid groups (broad SMARTS) is 1. The van der Waals surface area contributed by atoms with Crippen LogP contribution in [0.15, 0.2) is 30.5 Å². The fourth-order valence-corrected chi connectivity index (χ4v) is 5.33. The molecule has 0 saturated carbocycles. The number of halogens is 1. The molecule has 1 aromatic heterocycles. The first kappa shape index (κ1) is 23.5. The average Bonchev–Trinajstić information content (AvgIpc) is 3.32. The number of hydrogen-bond donors (Lipinski definition) is 1. The van der Waals surface area contributed by atoms with Gasteiger partial charge in [-0.05, 0) is 74.9 Å². The van der Waals surface area contributed by atoms with Crippen LogP contribution in [0.1, 0.15) is 33.6 Å². The molecule has 2 aromatic rings. The number of rotatable bonds is 6. The van der Waals surface area contributed by atoms with Crippen molar-refractivity contribution >= 4 is 29.3 Å². The molecule has 2 aliphatic heterocycles. The summed E-state index contributed by atoms with van der Waals surface area (Å²) >= 11 is 6.19. The number of benzene rings is 1. The topological polar surface area (TPSA) is 77.0 Å². The molecule has 33 heavy (non-hydrogen) atoms. The highest BCUT2D eigenvalue weighted by atomic mass is 35.5. The molecule has 7 nitrogen and oxygen atoms in total. The summed E-state index contributed by atoms with van der Waals surface area (Å²) in [7, 11) is 0. The molecule has 1 N–H and O–H groups in total. The van der Waals surface area contributed by atoms with Crippen molar-refractivity contribution in [1.82, 2.24) is 14.8 Å². The van der Waals surface area contributed by atoms with Crippen LogP contribution >= 0.6 is 11.6 Å². The summed E-state index contributed by atoms with van der Waals surface area (Å²) in [5.74, 6) is 1.03. The fourth-order valence-electron chi connectivity index (χ4n) is 5.15. The summed E-state index contributed by atoms with van der Waals surface area (Å²) in [6.45, 7) is 10.5. The number of carbonyl (C=O) groups excluding carboxylic acids is 1. The highest BCUT2D eigenvalue weighted by Gasteiger charge is 2.41. The van der Waals surface area contributed by atoms with E-state index in [1.165, 1.54) is 4.90 Å². The van der Waals surface area contributed by atoms with Gasteiger partial charge in [-0.15, -0.1) is 0 Å². The molecular formula is C25H31ClN4O3. The first-order chi connectivity index (χ1) is 15.7. The minimum atomic E-state index is -0.969.